The van der Waals surface area contributed by atoms with Gasteiger partial charge in [-0.15, -0.1) is 0 Å². The Bertz CT molecular complexity index is 492. The van der Waals surface area contributed by atoms with Gasteiger partial charge in [-0.05, 0) is 37.1 Å². The summed E-state index contributed by atoms with van der Waals surface area (Å²) in [5, 5.41) is 0. The Hall–Kier alpha value is -2.23. The lowest BCUT2D eigenvalue weighted by atomic mass is 10.3. The van der Waals surface area contributed by atoms with Gasteiger partial charge in [0.05, 0.1) is 5.69 Å². The van der Waals surface area contributed by atoms with E-state index in [2.05, 4.69) is 4.98 Å². The van der Waals surface area contributed by atoms with Crippen molar-refractivity contribution in [2.45, 2.75) is 12.8 Å². The van der Waals surface area contributed by atoms with Crippen molar-refractivity contribution < 1.29 is 9.59 Å². The molecule has 1 aliphatic heterocycles. The Balaban J connectivity index is 2.05. The lowest BCUT2D eigenvalue weighted by Crippen LogP contribution is -2.34. The molecule has 0 bridgehead atoms. The monoisotopic (exact) mass is 242 g/mol. The van der Waals surface area contributed by atoms with Gasteiger partial charge in [0.1, 0.15) is 0 Å². The Morgan fingerprint density at radius 2 is 2.28 bits per heavy atom. The average Bonchev–Trinajstić information content (AvgIpc) is 2.62. The molecule has 4 nitrogen and oxygen atoms in total. The van der Waals surface area contributed by atoms with Crippen LogP contribution in [0.4, 0.5) is 0 Å². The van der Waals surface area contributed by atoms with Crippen molar-refractivity contribution in [3.63, 3.8) is 0 Å². The van der Waals surface area contributed by atoms with Gasteiger partial charge < -0.3 is 0 Å². The largest absolute Gasteiger partial charge is 0.275 e. The van der Waals surface area contributed by atoms with Crippen LogP contribution in [0.15, 0.2) is 42.6 Å². The normalized spacial score (nSPS) is 16.0. The van der Waals surface area contributed by atoms with Crippen LogP contribution in [0, 0.1) is 0 Å². The molecule has 1 aromatic heterocycles. The van der Waals surface area contributed by atoms with Crippen molar-refractivity contribution >= 4 is 17.9 Å². The predicted molar refractivity (Wildman–Crippen MR) is 68.4 cm³/mol. The van der Waals surface area contributed by atoms with E-state index in [9.17, 15) is 9.59 Å². The number of allylic oxidation sites excluding steroid dienone is 1. The van der Waals surface area contributed by atoms with E-state index in [-0.39, 0.29) is 11.8 Å². The molecule has 18 heavy (non-hydrogen) atoms. The molecule has 1 aliphatic rings. The summed E-state index contributed by atoms with van der Waals surface area (Å²) < 4.78 is 0. The molecule has 2 rings (SSSR count). The highest BCUT2D eigenvalue weighted by Crippen LogP contribution is 2.06. The zero-order chi connectivity index (χ0) is 12.8. The third kappa shape index (κ3) is 3.13. The minimum absolute atomic E-state index is 0.247. The molecule has 0 radical (unpaired) electrons. The number of nitrogens with zero attached hydrogens (tertiary/aromatic N) is 2. The van der Waals surface area contributed by atoms with Crippen LogP contribution in [0.1, 0.15) is 18.5 Å². The number of pyridine rings is 1. The van der Waals surface area contributed by atoms with Crippen LogP contribution in [-0.4, -0.2) is 28.2 Å². The van der Waals surface area contributed by atoms with E-state index in [1.807, 2.05) is 12.1 Å². The topological polar surface area (TPSA) is 50.3 Å². The van der Waals surface area contributed by atoms with Gasteiger partial charge in [-0.1, -0.05) is 12.1 Å². The molecular weight excluding hydrogens is 228 g/mol. The fraction of sp³-hybridized carbons (Fsp3) is 0.214. The number of hydrogen-bond acceptors (Lipinski definition) is 3. The van der Waals surface area contributed by atoms with Gasteiger partial charge in [-0.3, -0.25) is 19.5 Å². The van der Waals surface area contributed by atoms with Crippen LogP contribution >= 0.6 is 0 Å². The van der Waals surface area contributed by atoms with Gasteiger partial charge in [0.15, 0.2) is 0 Å². The van der Waals surface area contributed by atoms with E-state index >= 15 is 0 Å². The molecule has 0 fully saturated rings. The van der Waals surface area contributed by atoms with E-state index in [0.717, 1.165) is 12.8 Å². The number of carbonyl (C=O) groups excluding carboxylic acids is 2. The quantitative estimate of drug-likeness (QED) is 0.743. The molecule has 0 unspecified atom stereocenters. The molecule has 0 saturated heterocycles. The summed E-state index contributed by atoms with van der Waals surface area (Å²) in [6.07, 6.45) is 9.57. The van der Waals surface area contributed by atoms with Gasteiger partial charge >= 0.3 is 0 Å². The van der Waals surface area contributed by atoms with Crippen molar-refractivity contribution in [1.82, 2.24) is 9.88 Å². The first-order valence-corrected chi connectivity index (χ1v) is 5.88. The third-order valence-electron chi connectivity index (χ3n) is 2.63. The van der Waals surface area contributed by atoms with Crippen LogP contribution in [0.3, 0.4) is 0 Å². The summed E-state index contributed by atoms with van der Waals surface area (Å²) in [4.78, 5) is 28.9. The Labute approximate surface area is 106 Å². The van der Waals surface area contributed by atoms with Gasteiger partial charge in [-0.2, -0.15) is 0 Å². The molecule has 2 heterocycles. The first-order chi connectivity index (χ1) is 8.77. The van der Waals surface area contributed by atoms with Crippen LogP contribution in [0.5, 0.6) is 0 Å². The second-order valence-electron chi connectivity index (χ2n) is 3.96. The standard InChI is InChI=1S/C14H14N2O2/c17-13-7-2-1-5-11-16(13)14(18)9-8-12-6-3-4-10-15-12/h2-4,6-10H,1,5,11H2/b9-8+. The van der Waals surface area contributed by atoms with Gasteiger partial charge in [0, 0.05) is 18.8 Å². The summed E-state index contributed by atoms with van der Waals surface area (Å²) in [6.45, 7) is 0.469. The van der Waals surface area contributed by atoms with Crippen molar-refractivity contribution in [2.75, 3.05) is 6.54 Å². The molecule has 4 heteroatoms. The summed E-state index contributed by atoms with van der Waals surface area (Å²) in [6, 6.07) is 5.45. The highest BCUT2D eigenvalue weighted by molar-refractivity contribution is 6.06. The Morgan fingerprint density at radius 3 is 3.06 bits per heavy atom. The summed E-state index contributed by atoms with van der Waals surface area (Å²) in [5.74, 6) is -0.541. The molecule has 0 aliphatic carbocycles. The van der Waals surface area contributed by atoms with E-state index in [1.165, 1.54) is 17.1 Å². The number of imide groups is 1. The van der Waals surface area contributed by atoms with Crippen LogP contribution < -0.4 is 0 Å². The maximum atomic E-state index is 11.9. The zero-order valence-corrected chi connectivity index (χ0v) is 9.95. The van der Waals surface area contributed by atoms with Crippen LogP contribution in [0.25, 0.3) is 6.08 Å². The fourth-order valence-electron chi connectivity index (χ4n) is 1.69. The van der Waals surface area contributed by atoms with E-state index in [0.29, 0.717) is 12.2 Å². The number of amides is 2. The van der Waals surface area contributed by atoms with Crippen molar-refractivity contribution in [3.8, 4) is 0 Å². The minimum Gasteiger partial charge on any atom is -0.275 e. The lowest BCUT2D eigenvalue weighted by Gasteiger charge is -2.15. The number of rotatable bonds is 2. The van der Waals surface area contributed by atoms with Crippen LogP contribution in [-0.2, 0) is 9.59 Å². The molecule has 1 aromatic rings. The molecular formula is C14H14N2O2. The van der Waals surface area contributed by atoms with Crippen molar-refractivity contribution in [3.05, 3.63) is 48.3 Å². The smallest absolute Gasteiger partial charge is 0.253 e. The SMILES string of the molecule is O=C1C=CCCCN1C(=O)/C=C/c1ccccn1. The van der Waals surface area contributed by atoms with E-state index in [1.54, 1.807) is 24.4 Å². The van der Waals surface area contributed by atoms with E-state index in [4.69, 9.17) is 0 Å². The van der Waals surface area contributed by atoms with Gasteiger partial charge in [0.2, 0.25) is 0 Å². The van der Waals surface area contributed by atoms with Crippen molar-refractivity contribution in [2.24, 2.45) is 0 Å². The summed E-state index contributed by atoms with van der Waals surface area (Å²) in [5.41, 5.74) is 0.698. The predicted octanol–water partition coefficient (Wildman–Crippen LogP) is 1.80. The summed E-state index contributed by atoms with van der Waals surface area (Å²) >= 11 is 0. The minimum atomic E-state index is -0.294. The lowest BCUT2D eigenvalue weighted by molar-refractivity contribution is -0.138. The molecule has 0 aromatic carbocycles. The maximum absolute atomic E-state index is 11.9. The highest BCUT2D eigenvalue weighted by atomic mass is 16.2. The molecule has 2 amide bonds. The fourth-order valence-corrected chi connectivity index (χ4v) is 1.69. The second kappa shape index (κ2) is 5.91. The molecule has 0 N–H and O–H groups in total. The van der Waals surface area contributed by atoms with Crippen LogP contribution in [0.2, 0.25) is 0 Å². The number of aromatic nitrogens is 1. The Morgan fingerprint density at radius 1 is 1.39 bits per heavy atom. The molecule has 0 spiro atoms. The first kappa shape index (κ1) is 12.2. The van der Waals surface area contributed by atoms with Gasteiger partial charge in [0.25, 0.3) is 11.8 Å². The molecule has 0 saturated carbocycles. The third-order valence-corrected chi connectivity index (χ3v) is 2.63. The maximum Gasteiger partial charge on any atom is 0.253 e. The second-order valence-corrected chi connectivity index (χ2v) is 3.96. The number of carbonyl (C=O) groups is 2. The van der Waals surface area contributed by atoms with E-state index < -0.39 is 0 Å². The highest BCUT2D eigenvalue weighted by Gasteiger charge is 2.17. The zero-order valence-electron chi connectivity index (χ0n) is 9.95. The van der Waals surface area contributed by atoms with Crippen molar-refractivity contribution in [1.29, 1.82) is 0 Å². The molecule has 0 atom stereocenters. The Kier molecular flexibility index (Phi) is 4.02. The number of hydrogen-bond donors (Lipinski definition) is 0. The first-order valence-electron chi connectivity index (χ1n) is 5.88. The molecule has 92 valence electrons. The average molecular weight is 242 g/mol. The van der Waals surface area contributed by atoms with Gasteiger partial charge in [-0.25, -0.2) is 0 Å². The summed E-state index contributed by atoms with van der Waals surface area (Å²) in [7, 11) is 0.